The summed E-state index contributed by atoms with van der Waals surface area (Å²) in [5.41, 5.74) is 0.924. The minimum atomic E-state index is -0.615. The van der Waals surface area contributed by atoms with E-state index in [9.17, 15) is 9.59 Å². The predicted molar refractivity (Wildman–Crippen MR) is 103 cm³/mol. The van der Waals surface area contributed by atoms with Gasteiger partial charge in [0.25, 0.3) is 0 Å². The van der Waals surface area contributed by atoms with Gasteiger partial charge in [-0.15, -0.1) is 0 Å². The minimum absolute atomic E-state index is 0.252. The predicted octanol–water partition coefficient (Wildman–Crippen LogP) is 3.44. The van der Waals surface area contributed by atoms with Crippen molar-refractivity contribution in [2.45, 2.75) is 58.4 Å². The Bertz CT molecular complexity index is 1070. The van der Waals surface area contributed by atoms with Crippen LogP contribution >= 0.6 is 0 Å². The molecule has 0 spiro atoms. The van der Waals surface area contributed by atoms with Gasteiger partial charge in [0.05, 0.1) is 11.0 Å². The zero-order valence-corrected chi connectivity index (χ0v) is 15.7. The summed E-state index contributed by atoms with van der Waals surface area (Å²) in [7, 11) is 0. The fraction of sp³-hybridized carbons (Fsp3) is 0.500. The summed E-state index contributed by atoms with van der Waals surface area (Å²) in [6, 6.07) is 5.51. The first-order chi connectivity index (χ1) is 13.0. The molecule has 0 radical (unpaired) electrons. The second kappa shape index (κ2) is 7.13. The van der Waals surface area contributed by atoms with E-state index in [0.717, 1.165) is 18.4 Å². The van der Waals surface area contributed by atoms with Crippen LogP contribution in [-0.4, -0.2) is 19.7 Å². The van der Waals surface area contributed by atoms with Crippen molar-refractivity contribution in [1.29, 1.82) is 0 Å². The maximum atomic E-state index is 12.2. The summed E-state index contributed by atoms with van der Waals surface area (Å²) in [6.45, 7) is 4.52. The van der Waals surface area contributed by atoms with Gasteiger partial charge in [-0.1, -0.05) is 38.3 Å². The highest BCUT2D eigenvalue weighted by atomic mass is 16.5. The number of nitrogens with zero attached hydrogens (tertiary/aromatic N) is 3. The first kappa shape index (κ1) is 17.7. The van der Waals surface area contributed by atoms with Gasteiger partial charge in [0.15, 0.2) is 0 Å². The number of aromatic amines is 1. The number of aromatic nitrogens is 4. The van der Waals surface area contributed by atoms with Crippen LogP contribution in [0.5, 0.6) is 0 Å². The van der Waals surface area contributed by atoms with Crippen molar-refractivity contribution in [1.82, 2.24) is 19.7 Å². The molecular weight excluding hydrogens is 344 g/mol. The molecule has 142 valence electrons. The molecule has 0 amide bonds. The van der Waals surface area contributed by atoms with Gasteiger partial charge in [0, 0.05) is 18.0 Å². The van der Waals surface area contributed by atoms with Gasteiger partial charge in [-0.05, 0) is 37.0 Å². The number of nitrogens with one attached hydrogen (secondary N) is 1. The summed E-state index contributed by atoms with van der Waals surface area (Å²) >= 11 is 0. The van der Waals surface area contributed by atoms with E-state index in [0.29, 0.717) is 35.2 Å². The van der Waals surface area contributed by atoms with E-state index in [1.165, 1.54) is 23.8 Å². The molecule has 27 heavy (non-hydrogen) atoms. The Balaban J connectivity index is 1.74. The molecule has 0 unspecified atom stereocenters. The molecule has 1 aromatic carbocycles. The maximum absolute atomic E-state index is 12.2. The topological polar surface area (TPSA) is 93.8 Å². The van der Waals surface area contributed by atoms with Gasteiger partial charge >= 0.3 is 11.1 Å². The molecule has 1 aliphatic carbocycles. The fourth-order valence-corrected chi connectivity index (χ4v) is 3.83. The fourth-order valence-electron chi connectivity index (χ4n) is 3.83. The number of benzene rings is 1. The Kier molecular flexibility index (Phi) is 4.68. The molecule has 7 heteroatoms. The van der Waals surface area contributed by atoms with Gasteiger partial charge in [-0.25, -0.2) is 0 Å². The quantitative estimate of drug-likeness (QED) is 0.712. The maximum Gasteiger partial charge on any atom is 0.316 e. The molecular formula is C20H24N4O3. The van der Waals surface area contributed by atoms with E-state index in [4.69, 9.17) is 4.52 Å². The monoisotopic (exact) mass is 368 g/mol. The minimum Gasteiger partial charge on any atom is -0.339 e. The van der Waals surface area contributed by atoms with Crippen LogP contribution in [0.1, 0.15) is 57.8 Å². The average Bonchev–Trinajstić information content (AvgIpc) is 3.16. The molecule has 0 atom stereocenters. The van der Waals surface area contributed by atoms with Crippen LogP contribution in [0.2, 0.25) is 0 Å². The van der Waals surface area contributed by atoms with E-state index >= 15 is 0 Å². The second-order valence-electron chi connectivity index (χ2n) is 7.79. The third kappa shape index (κ3) is 3.46. The molecule has 7 nitrogen and oxygen atoms in total. The second-order valence-corrected chi connectivity index (χ2v) is 7.79. The molecule has 3 aromatic rings. The van der Waals surface area contributed by atoms with Crippen LogP contribution in [0.25, 0.3) is 22.4 Å². The van der Waals surface area contributed by atoms with Crippen molar-refractivity contribution in [3.8, 4) is 11.4 Å². The van der Waals surface area contributed by atoms with Gasteiger partial charge in [-0.2, -0.15) is 4.98 Å². The average molecular weight is 368 g/mol. The van der Waals surface area contributed by atoms with Crippen LogP contribution in [0.15, 0.2) is 32.3 Å². The summed E-state index contributed by atoms with van der Waals surface area (Å²) in [5.74, 6) is 1.81. The van der Waals surface area contributed by atoms with Crippen LogP contribution < -0.4 is 11.1 Å². The number of hydrogen-bond donors (Lipinski definition) is 1. The Morgan fingerprint density at radius 1 is 1.22 bits per heavy atom. The lowest BCUT2D eigenvalue weighted by molar-refractivity contribution is 0.314. The normalized spacial score (nSPS) is 15.7. The number of H-pyrrole nitrogens is 1. The van der Waals surface area contributed by atoms with Crippen LogP contribution in [0.3, 0.4) is 0 Å². The Morgan fingerprint density at radius 3 is 2.74 bits per heavy atom. The van der Waals surface area contributed by atoms with Crippen LogP contribution in [-0.2, 0) is 6.54 Å². The summed E-state index contributed by atoms with van der Waals surface area (Å²) in [4.78, 5) is 31.5. The Labute approximate surface area is 156 Å². The zero-order chi connectivity index (χ0) is 19.0. The Hall–Kier alpha value is -2.70. The lowest BCUT2D eigenvalue weighted by Gasteiger charge is -2.17. The molecule has 2 heterocycles. The van der Waals surface area contributed by atoms with Crippen molar-refractivity contribution in [3.63, 3.8) is 0 Å². The number of hydrogen-bond acceptors (Lipinski definition) is 5. The molecule has 0 saturated heterocycles. The highest BCUT2D eigenvalue weighted by molar-refractivity contribution is 5.80. The standard InChI is InChI=1S/C20H24N4O3/c1-12(2)11-24-16-9-8-14(10-15(16)21-18(25)20(24)26)17-22-19(27-23-17)13-6-4-3-5-7-13/h8-10,12-13H,3-7,11H2,1-2H3,(H,21,25). The molecule has 2 aromatic heterocycles. The number of fused-ring (bicyclic) bond motifs is 1. The van der Waals surface area contributed by atoms with E-state index in [-0.39, 0.29) is 5.92 Å². The van der Waals surface area contributed by atoms with Gasteiger partial charge in [0.1, 0.15) is 0 Å². The van der Waals surface area contributed by atoms with Crippen molar-refractivity contribution in [2.75, 3.05) is 0 Å². The number of rotatable bonds is 4. The van der Waals surface area contributed by atoms with Gasteiger partial charge in [0.2, 0.25) is 11.7 Å². The van der Waals surface area contributed by atoms with Crippen molar-refractivity contribution in [3.05, 3.63) is 44.8 Å². The first-order valence-electron chi connectivity index (χ1n) is 9.64. The summed E-state index contributed by atoms with van der Waals surface area (Å²) in [5, 5.41) is 4.13. The molecule has 1 aliphatic rings. The van der Waals surface area contributed by atoms with E-state index in [1.54, 1.807) is 0 Å². The SMILES string of the molecule is CC(C)Cn1c(=O)c(=O)[nH]c2cc(-c3noc(C4CCCCC4)n3)ccc21. The van der Waals surface area contributed by atoms with E-state index in [1.807, 2.05) is 32.0 Å². The Morgan fingerprint density at radius 2 is 2.00 bits per heavy atom. The highest BCUT2D eigenvalue weighted by Gasteiger charge is 2.22. The highest BCUT2D eigenvalue weighted by Crippen LogP contribution is 2.32. The van der Waals surface area contributed by atoms with E-state index in [2.05, 4.69) is 15.1 Å². The molecule has 4 rings (SSSR count). The third-order valence-corrected chi connectivity index (χ3v) is 5.18. The molecule has 0 aliphatic heterocycles. The van der Waals surface area contributed by atoms with Crippen LogP contribution in [0.4, 0.5) is 0 Å². The van der Waals surface area contributed by atoms with Gasteiger partial charge < -0.3 is 14.1 Å². The molecule has 0 bridgehead atoms. The smallest absolute Gasteiger partial charge is 0.316 e. The zero-order valence-electron chi connectivity index (χ0n) is 15.7. The molecule has 1 saturated carbocycles. The summed E-state index contributed by atoms with van der Waals surface area (Å²) < 4.78 is 7.04. The van der Waals surface area contributed by atoms with Crippen molar-refractivity contribution < 1.29 is 4.52 Å². The van der Waals surface area contributed by atoms with Crippen molar-refractivity contribution in [2.24, 2.45) is 5.92 Å². The largest absolute Gasteiger partial charge is 0.339 e. The molecule has 1 fully saturated rings. The molecule has 1 N–H and O–H groups in total. The van der Waals surface area contributed by atoms with Crippen LogP contribution in [0, 0.1) is 5.92 Å². The lowest BCUT2D eigenvalue weighted by Crippen LogP contribution is -2.37. The van der Waals surface area contributed by atoms with Crippen molar-refractivity contribution >= 4 is 11.0 Å². The lowest BCUT2D eigenvalue weighted by atomic mass is 9.89. The first-order valence-corrected chi connectivity index (χ1v) is 9.64. The summed E-state index contributed by atoms with van der Waals surface area (Å²) in [6.07, 6.45) is 5.86. The third-order valence-electron chi connectivity index (χ3n) is 5.18. The van der Waals surface area contributed by atoms with E-state index < -0.39 is 11.1 Å². The van der Waals surface area contributed by atoms with Gasteiger partial charge in [-0.3, -0.25) is 9.59 Å².